The second-order valence-corrected chi connectivity index (χ2v) is 11.2. The van der Waals surface area contributed by atoms with Gasteiger partial charge in [0.05, 0.1) is 34.6 Å². The van der Waals surface area contributed by atoms with E-state index in [0.29, 0.717) is 76.0 Å². The van der Waals surface area contributed by atoms with E-state index in [4.69, 9.17) is 27.9 Å². The summed E-state index contributed by atoms with van der Waals surface area (Å²) >= 11 is 13.7. The topological polar surface area (TPSA) is 118 Å². The first-order chi connectivity index (χ1) is 21.2. The van der Waals surface area contributed by atoms with E-state index in [-0.39, 0.29) is 23.2 Å². The number of methoxy groups -OCH3 is 1. The molecule has 1 aliphatic rings. The number of halogens is 3. The Morgan fingerprint density at radius 1 is 1.07 bits per heavy atom. The first-order valence-electron chi connectivity index (χ1n) is 14.1. The third-order valence-electron chi connectivity index (χ3n) is 7.43. The Kier molecular flexibility index (Phi) is 9.85. The van der Waals surface area contributed by atoms with Gasteiger partial charge in [-0.3, -0.25) is 14.3 Å². The van der Waals surface area contributed by atoms with Crippen LogP contribution in [0.3, 0.4) is 0 Å². The highest BCUT2D eigenvalue weighted by atomic mass is 35.5. The summed E-state index contributed by atoms with van der Waals surface area (Å²) in [6.45, 7) is 3.17. The van der Waals surface area contributed by atoms with E-state index in [1.54, 1.807) is 53.2 Å². The standard InChI is InChI=1S/C32H32Cl2FN5O4/c1-18(41)37-12-11-36-17-23-24(35)14-19(15-29(23)44-2)20-6-3-7-21(30(20)33)22-8-4-9-25(31(22)34)38-32(43)26-16-27-28(42)10-5-13-40(27)39-26/h3-4,6-9,14-16,28,36,42H,5,10-13,17H2,1-2H3,(H,37,41)(H,38,43). The highest BCUT2D eigenvalue weighted by molar-refractivity contribution is 6.39. The minimum Gasteiger partial charge on any atom is -0.496 e. The molecule has 1 atom stereocenters. The van der Waals surface area contributed by atoms with E-state index in [1.807, 2.05) is 0 Å². The number of hydrogen-bond acceptors (Lipinski definition) is 6. The van der Waals surface area contributed by atoms with Gasteiger partial charge in [0, 0.05) is 55.4 Å². The van der Waals surface area contributed by atoms with Crippen LogP contribution in [0, 0.1) is 5.82 Å². The van der Waals surface area contributed by atoms with Gasteiger partial charge in [-0.05, 0) is 42.7 Å². The van der Waals surface area contributed by atoms with Crippen LogP contribution < -0.4 is 20.7 Å². The summed E-state index contributed by atoms with van der Waals surface area (Å²) in [5, 5.41) is 23.8. The minimum absolute atomic E-state index is 0.134. The molecule has 9 nitrogen and oxygen atoms in total. The van der Waals surface area contributed by atoms with Crippen molar-refractivity contribution in [1.29, 1.82) is 0 Å². The zero-order valence-corrected chi connectivity index (χ0v) is 25.7. The first-order valence-corrected chi connectivity index (χ1v) is 14.9. The van der Waals surface area contributed by atoms with E-state index in [2.05, 4.69) is 21.0 Å². The lowest BCUT2D eigenvalue weighted by molar-refractivity contribution is -0.118. The lowest BCUT2D eigenvalue weighted by Crippen LogP contribution is -2.30. The van der Waals surface area contributed by atoms with E-state index < -0.39 is 17.8 Å². The second kappa shape index (κ2) is 13.8. The molecule has 0 saturated carbocycles. The third kappa shape index (κ3) is 6.73. The highest BCUT2D eigenvalue weighted by Crippen LogP contribution is 2.42. The molecule has 230 valence electrons. The number of aliphatic hydroxyl groups is 1. The minimum atomic E-state index is -0.651. The van der Waals surface area contributed by atoms with Crippen LogP contribution in [-0.4, -0.2) is 46.9 Å². The number of carbonyl (C=O) groups excluding carboxylic acids is 2. The molecule has 4 aromatic rings. The van der Waals surface area contributed by atoms with Gasteiger partial charge in [-0.2, -0.15) is 5.10 Å². The molecule has 0 aliphatic carbocycles. The van der Waals surface area contributed by atoms with Gasteiger partial charge in [0.1, 0.15) is 11.6 Å². The molecule has 0 saturated heterocycles. The Morgan fingerprint density at radius 3 is 2.52 bits per heavy atom. The molecule has 5 rings (SSSR count). The lowest BCUT2D eigenvalue weighted by atomic mass is 9.97. The van der Waals surface area contributed by atoms with Gasteiger partial charge in [-0.25, -0.2) is 4.39 Å². The molecule has 4 N–H and O–H groups in total. The largest absolute Gasteiger partial charge is 0.496 e. The van der Waals surface area contributed by atoms with Crippen molar-refractivity contribution in [1.82, 2.24) is 20.4 Å². The van der Waals surface area contributed by atoms with Crippen LogP contribution in [0.1, 0.15) is 47.6 Å². The number of aryl methyl sites for hydroxylation is 1. The fourth-order valence-corrected chi connectivity index (χ4v) is 5.83. The van der Waals surface area contributed by atoms with E-state index in [1.165, 1.54) is 20.1 Å². The van der Waals surface area contributed by atoms with Crippen LogP contribution >= 0.6 is 23.2 Å². The third-order valence-corrected chi connectivity index (χ3v) is 8.25. The molecule has 2 amide bonds. The maximum atomic E-state index is 15.3. The normalized spacial score (nSPS) is 14.2. The summed E-state index contributed by atoms with van der Waals surface area (Å²) in [6.07, 6.45) is 0.760. The first kappa shape index (κ1) is 31.5. The lowest BCUT2D eigenvalue weighted by Gasteiger charge is -2.18. The van der Waals surface area contributed by atoms with Crippen LogP contribution in [0.15, 0.2) is 54.6 Å². The Morgan fingerprint density at radius 2 is 1.80 bits per heavy atom. The summed E-state index contributed by atoms with van der Waals surface area (Å²) in [7, 11) is 1.47. The van der Waals surface area contributed by atoms with Crippen molar-refractivity contribution in [2.24, 2.45) is 0 Å². The molecule has 0 fully saturated rings. The zero-order valence-electron chi connectivity index (χ0n) is 24.2. The van der Waals surface area contributed by atoms with Crippen LogP contribution in [0.5, 0.6) is 5.75 Å². The molecule has 1 aliphatic heterocycles. The predicted octanol–water partition coefficient (Wildman–Crippen LogP) is 5.98. The van der Waals surface area contributed by atoms with Gasteiger partial charge in [0.2, 0.25) is 5.91 Å². The number of aliphatic hydroxyl groups excluding tert-OH is 1. The van der Waals surface area contributed by atoms with E-state index in [9.17, 15) is 14.7 Å². The second-order valence-electron chi connectivity index (χ2n) is 10.4. The monoisotopic (exact) mass is 639 g/mol. The number of amides is 2. The van der Waals surface area contributed by atoms with Gasteiger partial charge in [0.25, 0.3) is 5.91 Å². The Hall–Kier alpha value is -3.96. The smallest absolute Gasteiger partial charge is 0.276 e. The fourth-order valence-electron chi connectivity index (χ4n) is 5.22. The highest BCUT2D eigenvalue weighted by Gasteiger charge is 2.24. The molecule has 2 heterocycles. The molecule has 44 heavy (non-hydrogen) atoms. The quantitative estimate of drug-likeness (QED) is 0.159. The van der Waals surface area contributed by atoms with Crippen molar-refractivity contribution < 1.29 is 23.8 Å². The van der Waals surface area contributed by atoms with E-state index >= 15 is 4.39 Å². The average molecular weight is 641 g/mol. The zero-order chi connectivity index (χ0) is 31.4. The molecular weight excluding hydrogens is 608 g/mol. The Labute approximate surface area is 264 Å². The van der Waals surface area contributed by atoms with Crippen molar-refractivity contribution in [2.45, 2.75) is 39.0 Å². The van der Waals surface area contributed by atoms with Crippen molar-refractivity contribution >= 4 is 40.7 Å². The maximum absolute atomic E-state index is 15.3. The maximum Gasteiger partial charge on any atom is 0.276 e. The van der Waals surface area contributed by atoms with Crippen LogP contribution in [-0.2, 0) is 17.9 Å². The van der Waals surface area contributed by atoms with E-state index in [0.717, 1.165) is 6.42 Å². The summed E-state index contributed by atoms with van der Waals surface area (Å²) < 4.78 is 22.5. The fraction of sp³-hybridized carbons (Fsp3) is 0.281. The molecule has 0 bridgehead atoms. The number of fused-ring (bicyclic) bond motifs is 1. The SMILES string of the molecule is COc1cc(-c2cccc(-c3cccc(NC(=O)c4cc5n(n4)CCCC5O)c3Cl)c2Cl)cc(F)c1CNCCNC(C)=O. The van der Waals surface area contributed by atoms with Crippen molar-refractivity contribution in [3.63, 3.8) is 0 Å². The van der Waals surface area contributed by atoms with Gasteiger partial charge >= 0.3 is 0 Å². The molecule has 1 unspecified atom stereocenters. The molecular formula is C32H32Cl2FN5O4. The molecule has 1 aromatic heterocycles. The summed E-state index contributed by atoms with van der Waals surface area (Å²) in [5.41, 5.74) is 3.77. The summed E-state index contributed by atoms with van der Waals surface area (Å²) in [6, 6.07) is 15.3. The Bertz CT molecular complexity index is 1710. The number of rotatable bonds is 10. The number of carbonyl (C=O) groups is 2. The average Bonchev–Trinajstić information content (AvgIpc) is 3.45. The van der Waals surface area contributed by atoms with Crippen molar-refractivity contribution in [2.75, 3.05) is 25.5 Å². The number of nitrogens with one attached hydrogen (secondary N) is 3. The van der Waals surface area contributed by atoms with Crippen LogP contribution in [0.25, 0.3) is 22.3 Å². The molecule has 0 radical (unpaired) electrons. The summed E-state index contributed by atoms with van der Waals surface area (Å²) in [4.78, 5) is 24.1. The van der Waals surface area contributed by atoms with Crippen molar-refractivity contribution in [3.8, 4) is 28.0 Å². The van der Waals surface area contributed by atoms with Crippen LogP contribution in [0.2, 0.25) is 10.0 Å². The van der Waals surface area contributed by atoms with Crippen LogP contribution in [0.4, 0.5) is 10.1 Å². The van der Waals surface area contributed by atoms with Gasteiger partial charge in [-0.15, -0.1) is 0 Å². The number of anilines is 1. The summed E-state index contributed by atoms with van der Waals surface area (Å²) in [5.74, 6) is -0.704. The Balaban J connectivity index is 1.39. The number of benzene rings is 3. The van der Waals surface area contributed by atoms with Gasteiger partial charge in [-0.1, -0.05) is 53.5 Å². The number of ether oxygens (including phenoxy) is 1. The predicted molar refractivity (Wildman–Crippen MR) is 169 cm³/mol. The number of hydrogen-bond donors (Lipinski definition) is 4. The molecule has 0 spiro atoms. The molecule has 3 aromatic carbocycles. The van der Waals surface area contributed by atoms with Crippen molar-refractivity contribution in [3.05, 3.63) is 87.4 Å². The number of nitrogens with zero attached hydrogens (tertiary/aromatic N) is 2. The number of aromatic nitrogens is 2. The molecule has 12 heteroatoms. The van der Waals surface area contributed by atoms with Gasteiger partial charge < -0.3 is 25.8 Å². The van der Waals surface area contributed by atoms with Gasteiger partial charge in [0.15, 0.2) is 5.69 Å².